The number of hydrogen-bond acceptors (Lipinski definition) is 3. The lowest BCUT2D eigenvalue weighted by Crippen LogP contribution is -2.44. The number of ether oxygens (including phenoxy) is 1. The van der Waals surface area contributed by atoms with Crippen LogP contribution in [0.5, 0.6) is 0 Å². The van der Waals surface area contributed by atoms with Crippen molar-refractivity contribution in [2.75, 3.05) is 26.8 Å². The van der Waals surface area contributed by atoms with E-state index >= 15 is 0 Å². The van der Waals surface area contributed by atoms with E-state index in [4.69, 9.17) is 10.5 Å². The first-order valence-corrected chi connectivity index (χ1v) is 6.12. The summed E-state index contributed by atoms with van der Waals surface area (Å²) in [5, 5.41) is 0. The molecule has 15 heavy (non-hydrogen) atoms. The maximum atomic E-state index is 5.84. The second-order valence-electron chi connectivity index (χ2n) is 5.02. The molecule has 90 valence electrons. The smallest absolute Gasteiger partial charge is 0.0502 e. The minimum Gasteiger partial charge on any atom is -0.384 e. The van der Waals surface area contributed by atoms with Gasteiger partial charge in [0.25, 0.3) is 0 Å². The molecule has 1 aliphatic rings. The first-order valence-electron chi connectivity index (χ1n) is 6.12. The summed E-state index contributed by atoms with van der Waals surface area (Å²) in [6, 6.07) is 0.924. The minimum absolute atomic E-state index is 0.308. The Kier molecular flexibility index (Phi) is 5.58. The van der Waals surface area contributed by atoms with Gasteiger partial charge >= 0.3 is 0 Å². The first kappa shape index (κ1) is 12.9. The third-order valence-corrected chi connectivity index (χ3v) is 3.29. The van der Waals surface area contributed by atoms with Gasteiger partial charge in [0.1, 0.15) is 0 Å². The van der Waals surface area contributed by atoms with Crippen LogP contribution in [0.4, 0.5) is 0 Å². The van der Waals surface area contributed by atoms with E-state index in [2.05, 4.69) is 18.7 Å². The fourth-order valence-corrected chi connectivity index (χ4v) is 2.56. The third-order valence-electron chi connectivity index (χ3n) is 3.29. The number of likely N-dealkylation sites (tertiary alicyclic amines) is 1. The van der Waals surface area contributed by atoms with Crippen LogP contribution in [0.2, 0.25) is 0 Å². The second-order valence-corrected chi connectivity index (χ2v) is 5.02. The largest absolute Gasteiger partial charge is 0.384 e. The van der Waals surface area contributed by atoms with Crippen molar-refractivity contribution >= 4 is 0 Å². The van der Waals surface area contributed by atoms with Crippen molar-refractivity contribution in [1.29, 1.82) is 0 Å². The Morgan fingerprint density at radius 2 is 2.20 bits per heavy atom. The molecule has 0 aromatic rings. The van der Waals surface area contributed by atoms with Gasteiger partial charge in [0.05, 0.1) is 6.61 Å². The Morgan fingerprint density at radius 3 is 2.80 bits per heavy atom. The maximum Gasteiger partial charge on any atom is 0.0502 e. The molecule has 0 spiro atoms. The molecule has 0 bridgehead atoms. The number of nitrogens with two attached hydrogens (primary N) is 1. The topological polar surface area (TPSA) is 38.5 Å². The highest BCUT2D eigenvalue weighted by Crippen LogP contribution is 2.20. The predicted octanol–water partition coefficient (Wildman–Crippen LogP) is 1.47. The Hall–Kier alpha value is -0.120. The molecular formula is C12H26N2O. The van der Waals surface area contributed by atoms with E-state index < -0.39 is 0 Å². The van der Waals surface area contributed by atoms with Crippen molar-refractivity contribution in [3.63, 3.8) is 0 Å². The number of piperidine rings is 1. The van der Waals surface area contributed by atoms with Crippen LogP contribution in [0, 0.1) is 5.92 Å². The molecule has 1 saturated heterocycles. The zero-order chi connectivity index (χ0) is 11.3. The summed E-state index contributed by atoms with van der Waals surface area (Å²) >= 11 is 0. The number of rotatable bonds is 5. The predicted molar refractivity (Wildman–Crippen MR) is 63.9 cm³/mol. The Balaban J connectivity index is 2.34. The monoisotopic (exact) mass is 214 g/mol. The maximum absolute atomic E-state index is 5.84. The zero-order valence-corrected chi connectivity index (χ0v) is 10.4. The molecule has 3 nitrogen and oxygen atoms in total. The van der Waals surface area contributed by atoms with Crippen molar-refractivity contribution in [3.8, 4) is 0 Å². The zero-order valence-electron chi connectivity index (χ0n) is 10.4. The van der Waals surface area contributed by atoms with Gasteiger partial charge in [0, 0.05) is 25.7 Å². The van der Waals surface area contributed by atoms with Gasteiger partial charge < -0.3 is 15.4 Å². The number of hydrogen-bond donors (Lipinski definition) is 1. The Labute approximate surface area is 94.0 Å². The van der Waals surface area contributed by atoms with E-state index in [0.29, 0.717) is 12.1 Å². The molecule has 0 radical (unpaired) electrons. The van der Waals surface area contributed by atoms with Gasteiger partial charge in [0.15, 0.2) is 0 Å². The fourth-order valence-electron chi connectivity index (χ4n) is 2.56. The summed E-state index contributed by atoms with van der Waals surface area (Å²) < 4.78 is 5.24. The van der Waals surface area contributed by atoms with Crippen LogP contribution in [-0.2, 0) is 4.74 Å². The van der Waals surface area contributed by atoms with Gasteiger partial charge in [-0.25, -0.2) is 0 Å². The van der Waals surface area contributed by atoms with E-state index in [-0.39, 0.29) is 0 Å². The molecule has 0 amide bonds. The summed E-state index contributed by atoms with van der Waals surface area (Å²) in [6.45, 7) is 7.70. The molecule has 0 saturated carbocycles. The van der Waals surface area contributed by atoms with Crippen LogP contribution in [0.15, 0.2) is 0 Å². The van der Waals surface area contributed by atoms with E-state index in [9.17, 15) is 0 Å². The Morgan fingerprint density at radius 1 is 1.47 bits per heavy atom. The van der Waals surface area contributed by atoms with Crippen LogP contribution in [0.3, 0.4) is 0 Å². The highest BCUT2D eigenvalue weighted by Gasteiger charge is 2.23. The SMILES string of the molecule is COCC1CCCN(C(C)CC(C)N)C1. The molecule has 2 N–H and O–H groups in total. The third kappa shape index (κ3) is 4.49. The summed E-state index contributed by atoms with van der Waals surface area (Å²) in [5.41, 5.74) is 5.84. The van der Waals surface area contributed by atoms with Crippen molar-refractivity contribution in [2.24, 2.45) is 11.7 Å². The van der Waals surface area contributed by atoms with Crippen LogP contribution >= 0.6 is 0 Å². The molecule has 3 atom stereocenters. The summed E-state index contributed by atoms with van der Waals surface area (Å²) in [6.07, 6.45) is 3.71. The van der Waals surface area contributed by atoms with Crippen LogP contribution in [-0.4, -0.2) is 43.8 Å². The molecular weight excluding hydrogens is 188 g/mol. The van der Waals surface area contributed by atoms with Gasteiger partial charge in [-0.15, -0.1) is 0 Å². The lowest BCUT2D eigenvalue weighted by atomic mass is 9.96. The number of methoxy groups -OCH3 is 1. The normalized spacial score (nSPS) is 27.6. The van der Waals surface area contributed by atoms with Gasteiger partial charge in [-0.1, -0.05) is 0 Å². The number of nitrogens with zero attached hydrogens (tertiary/aromatic N) is 1. The van der Waals surface area contributed by atoms with Gasteiger partial charge in [0.2, 0.25) is 0 Å². The Bertz CT molecular complexity index is 171. The van der Waals surface area contributed by atoms with Crippen LogP contribution < -0.4 is 5.73 Å². The highest BCUT2D eigenvalue weighted by molar-refractivity contribution is 4.78. The molecule has 3 unspecified atom stereocenters. The molecule has 1 aliphatic heterocycles. The molecule has 1 fully saturated rings. The fraction of sp³-hybridized carbons (Fsp3) is 1.00. The van der Waals surface area contributed by atoms with Crippen molar-refractivity contribution in [3.05, 3.63) is 0 Å². The van der Waals surface area contributed by atoms with Crippen LogP contribution in [0.25, 0.3) is 0 Å². The average Bonchev–Trinajstić information content (AvgIpc) is 2.17. The summed E-state index contributed by atoms with van der Waals surface area (Å²) in [7, 11) is 1.80. The molecule has 0 aromatic heterocycles. The van der Waals surface area contributed by atoms with E-state index in [1.54, 1.807) is 7.11 Å². The second kappa shape index (κ2) is 6.46. The molecule has 0 aliphatic carbocycles. The average molecular weight is 214 g/mol. The standard InChI is InChI=1S/C12H26N2O/c1-10(13)7-11(2)14-6-4-5-12(8-14)9-15-3/h10-12H,4-9,13H2,1-3H3. The molecule has 0 aromatic carbocycles. The van der Waals surface area contributed by atoms with Gasteiger partial charge in [-0.3, -0.25) is 0 Å². The van der Waals surface area contributed by atoms with Crippen molar-refractivity contribution in [1.82, 2.24) is 4.90 Å². The lowest BCUT2D eigenvalue weighted by molar-refractivity contribution is 0.0689. The minimum atomic E-state index is 0.308. The molecule has 1 rings (SSSR count). The van der Waals surface area contributed by atoms with E-state index in [1.165, 1.54) is 25.9 Å². The lowest BCUT2D eigenvalue weighted by Gasteiger charge is -2.37. The summed E-state index contributed by atoms with van der Waals surface area (Å²) in [5.74, 6) is 0.722. The quantitative estimate of drug-likeness (QED) is 0.753. The van der Waals surface area contributed by atoms with Crippen molar-refractivity contribution in [2.45, 2.75) is 45.2 Å². The highest BCUT2D eigenvalue weighted by atomic mass is 16.5. The summed E-state index contributed by atoms with van der Waals surface area (Å²) in [4.78, 5) is 2.57. The molecule has 3 heteroatoms. The van der Waals surface area contributed by atoms with Crippen LogP contribution in [0.1, 0.15) is 33.1 Å². The van der Waals surface area contributed by atoms with E-state index in [1.807, 2.05) is 0 Å². The van der Waals surface area contributed by atoms with Gasteiger partial charge in [-0.05, 0) is 45.6 Å². The van der Waals surface area contributed by atoms with E-state index in [0.717, 1.165) is 18.9 Å². The molecule has 1 heterocycles. The van der Waals surface area contributed by atoms with Crippen molar-refractivity contribution < 1.29 is 4.74 Å². The van der Waals surface area contributed by atoms with Gasteiger partial charge in [-0.2, -0.15) is 0 Å². The first-order chi connectivity index (χ1) is 7.13.